The van der Waals surface area contributed by atoms with E-state index in [0.29, 0.717) is 17.7 Å². The van der Waals surface area contributed by atoms with Gasteiger partial charge in [0.25, 0.3) is 0 Å². The summed E-state index contributed by atoms with van der Waals surface area (Å²) in [6.07, 6.45) is 0.350. The first-order valence-electron chi connectivity index (χ1n) is 8.66. The maximum Gasteiger partial charge on any atom is 0.467 e. The second kappa shape index (κ2) is 10.2. The predicted molar refractivity (Wildman–Crippen MR) is 115 cm³/mol. The lowest BCUT2D eigenvalue weighted by molar-refractivity contribution is -0.0396. The third kappa shape index (κ3) is 7.75. The molecule has 0 amide bonds. The van der Waals surface area contributed by atoms with Gasteiger partial charge in [0.1, 0.15) is 17.8 Å². The SMILES string of the molecule is Cc1ccc(C(=N)N=C([SH2+])Oc2cc(C)c(CCOSC(F)(F)F)cc2C)cc1. The standard InChI is InChI=1S/C20H21F3N2O2S2/c1-12-4-6-15(7-5-12)18(24)25-19(28)27-17-11-13(2)16(10-14(17)3)8-9-26-29-20(21,22)23/h4-7,10-11H,8-9H2,1-3H3,(H2,24,25,28)/p+1. The van der Waals surface area contributed by atoms with Gasteiger partial charge in [0, 0.05) is 5.56 Å². The van der Waals surface area contributed by atoms with Crippen molar-refractivity contribution in [3.05, 3.63) is 64.2 Å². The van der Waals surface area contributed by atoms with Crippen LogP contribution in [0.1, 0.15) is 27.8 Å². The van der Waals surface area contributed by atoms with Crippen molar-refractivity contribution in [3.63, 3.8) is 0 Å². The molecule has 2 rings (SSSR count). The first-order chi connectivity index (χ1) is 13.5. The second-order valence-electron chi connectivity index (χ2n) is 6.38. The van der Waals surface area contributed by atoms with Gasteiger partial charge in [-0.1, -0.05) is 35.9 Å². The van der Waals surface area contributed by atoms with Crippen LogP contribution in [0.2, 0.25) is 0 Å². The molecule has 0 aliphatic carbocycles. The lowest BCUT2D eigenvalue weighted by Crippen LogP contribution is -2.10. The van der Waals surface area contributed by atoms with Crippen molar-refractivity contribution in [3.8, 4) is 5.75 Å². The molecule has 2 aromatic carbocycles. The van der Waals surface area contributed by atoms with E-state index in [1.165, 1.54) is 0 Å². The summed E-state index contributed by atoms with van der Waals surface area (Å²) >= 11 is 2.80. The Morgan fingerprint density at radius 3 is 2.38 bits per heavy atom. The van der Waals surface area contributed by atoms with Gasteiger partial charge >= 0.3 is 10.7 Å². The van der Waals surface area contributed by atoms with Crippen molar-refractivity contribution in [1.82, 2.24) is 0 Å². The Labute approximate surface area is 177 Å². The monoisotopic (exact) mass is 443 g/mol. The molecule has 0 aliphatic rings. The first kappa shape index (κ1) is 23.3. The van der Waals surface area contributed by atoms with Crippen molar-refractivity contribution in [2.24, 2.45) is 4.99 Å². The van der Waals surface area contributed by atoms with Crippen molar-refractivity contribution in [2.75, 3.05) is 6.61 Å². The third-order valence-electron chi connectivity index (χ3n) is 3.99. The minimum Gasteiger partial charge on any atom is -0.402 e. The van der Waals surface area contributed by atoms with E-state index in [9.17, 15) is 13.2 Å². The summed E-state index contributed by atoms with van der Waals surface area (Å²) < 4.78 is 46.6. The molecule has 0 radical (unpaired) electrons. The van der Waals surface area contributed by atoms with E-state index in [1.54, 1.807) is 6.07 Å². The summed E-state index contributed by atoms with van der Waals surface area (Å²) in [5.74, 6) is 0.600. The molecular formula is C20H22F3N2O2S2+. The van der Waals surface area contributed by atoms with Gasteiger partial charge in [-0.15, -0.1) is 4.99 Å². The van der Waals surface area contributed by atoms with Gasteiger partial charge in [-0.25, -0.2) is 0 Å². The molecule has 0 heterocycles. The molecular weight excluding hydrogens is 421 g/mol. The highest BCUT2D eigenvalue weighted by atomic mass is 32.2. The highest BCUT2D eigenvalue weighted by molar-refractivity contribution is 7.95. The molecule has 0 atom stereocenters. The quantitative estimate of drug-likeness (QED) is 0.222. The summed E-state index contributed by atoms with van der Waals surface area (Å²) in [7, 11) is 0. The number of amidine groups is 1. The largest absolute Gasteiger partial charge is 0.467 e. The summed E-state index contributed by atoms with van der Waals surface area (Å²) in [6, 6.07) is 11.0. The number of nitrogens with one attached hydrogen (secondary N) is 1. The van der Waals surface area contributed by atoms with Crippen molar-refractivity contribution in [2.45, 2.75) is 32.7 Å². The summed E-state index contributed by atoms with van der Waals surface area (Å²) in [6.45, 7) is 5.58. The van der Waals surface area contributed by atoms with E-state index in [1.807, 2.05) is 51.1 Å². The molecule has 0 bridgehead atoms. The molecule has 4 nitrogen and oxygen atoms in total. The summed E-state index contributed by atoms with van der Waals surface area (Å²) in [5, 5.41) is 8.20. The third-order valence-corrected chi connectivity index (χ3v) is 4.67. The number of aryl methyl sites for hydroxylation is 3. The molecule has 0 saturated heterocycles. The molecule has 1 N–H and O–H groups in total. The maximum atomic E-state index is 12.1. The zero-order valence-corrected chi connectivity index (χ0v) is 18.0. The predicted octanol–water partition coefficient (Wildman–Crippen LogP) is 5.11. The topological polar surface area (TPSA) is 54.7 Å². The minimum atomic E-state index is -4.40. The van der Waals surface area contributed by atoms with Gasteiger partial charge in [-0.3, -0.25) is 5.41 Å². The summed E-state index contributed by atoms with van der Waals surface area (Å²) in [5.41, 5.74) is -0.122. The van der Waals surface area contributed by atoms with Gasteiger partial charge in [0.15, 0.2) is 5.84 Å². The van der Waals surface area contributed by atoms with Crippen LogP contribution in [0, 0.1) is 26.2 Å². The molecule has 0 fully saturated rings. The highest BCUT2D eigenvalue weighted by Gasteiger charge is 2.29. The van der Waals surface area contributed by atoms with E-state index in [4.69, 9.17) is 10.1 Å². The fraction of sp³-hybridized carbons (Fsp3) is 0.300. The average molecular weight is 444 g/mol. The molecule has 0 aliphatic heterocycles. The van der Waals surface area contributed by atoms with Crippen LogP contribution in [0.5, 0.6) is 5.75 Å². The van der Waals surface area contributed by atoms with Crippen LogP contribution in [0.25, 0.3) is 0 Å². The van der Waals surface area contributed by atoms with E-state index in [2.05, 4.69) is 21.8 Å². The van der Waals surface area contributed by atoms with E-state index in [-0.39, 0.29) is 17.7 Å². The van der Waals surface area contributed by atoms with E-state index in [0.717, 1.165) is 22.3 Å². The lowest BCUT2D eigenvalue weighted by atomic mass is 10.0. The van der Waals surface area contributed by atoms with E-state index >= 15 is 0 Å². The van der Waals surface area contributed by atoms with Gasteiger partial charge < -0.3 is 8.92 Å². The first-order valence-corrected chi connectivity index (χ1v) is 9.90. The van der Waals surface area contributed by atoms with Crippen LogP contribution in [-0.2, 0) is 23.2 Å². The summed E-state index contributed by atoms with van der Waals surface area (Å²) in [4.78, 5) is 4.11. The van der Waals surface area contributed by atoms with Crippen LogP contribution in [0.4, 0.5) is 13.2 Å². The van der Waals surface area contributed by atoms with Gasteiger partial charge in [0.2, 0.25) is 0 Å². The number of hydrogen-bond donors (Lipinski definition) is 1. The Morgan fingerprint density at radius 2 is 1.76 bits per heavy atom. The smallest absolute Gasteiger partial charge is 0.402 e. The minimum absolute atomic E-state index is 0.0524. The van der Waals surface area contributed by atoms with Crippen molar-refractivity contribution >= 4 is 35.7 Å². The molecule has 2 aromatic rings. The fourth-order valence-electron chi connectivity index (χ4n) is 2.49. The maximum absolute atomic E-state index is 12.1. The Bertz CT molecular complexity index is 898. The Morgan fingerprint density at radius 1 is 1.10 bits per heavy atom. The number of rotatable bonds is 6. The number of ether oxygens (including phenoxy) is 1. The van der Waals surface area contributed by atoms with Gasteiger partial charge in [-0.05, 0) is 49.9 Å². The Balaban J connectivity index is 2.02. The van der Waals surface area contributed by atoms with Crippen LogP contribution in [-0.4, -0.2) is 23.2 Å². The molecule has 0 spiro atoms. The zero-order chi connectivity index (χ0) is 21.6. The molecule has 0 aromatic heterocycles. The molecule has 9 heteroatoms. The molecule has 29 heavy (non-hydrogen) atoms. The van der Waals surface area contributed by atoms with Gasteiger partial charge in [0.05, 0.1) is 19.2 Å². The van der Waals surface area contributed by atoms with Crippen LogP contribution in [0.15, 0.2) is 41.4 Å². The van der Waals surface area contributed by atoms with E-state index < -0.39 is 17.6 Å². The molecule has 0 saturated carbocycles. The van der Waals surface area contributed by atoms with Gasteiger partial charge in [-0.2, -0.15) is 13.2 Å². The highest BCUT2D eigenvalue weighted by Crippen LogP contribution is 2.31. The number of halogens is 3. The normalized spacial score (nSPS) is 12.2. The fourth-order valence-corrected chi connectivity index (χ4v) is 3.02. The Hall–Kier alpha value is -1.97. The number of hydrogen-bond acceptors (Lipinski definition) is 4. The van der Waals surface area contributed by atoms with Crippen LogP contribution >= 0.6 is 12.0 Å². The number of alkyl halides is 3. The van der Waals surface area contributed by atoms with Crippen LogP contribution in [0.3, 0.4) is 0 Å². The zero-order valence-electron chi connectivity index (χ0n) is 16.2. The Kier molecular flexibility index (Phi) is 8.18. The number of benzene rings is 2. The van der Waals surface area contributed by atoms with Crippen molar-refractivity contribution < 1.29 is 22.1 Å². The molecule has 156 valence electrons. The molecule has 0 unspecified atom stereocenters. The van der Waals surface area contributed by atoms with Crippen molar-refractivity contribution in [1.29, 1.82) is 5.41 Å². The second-order valence-corrected chi connectivity index (χ2v) is 7.67. The van der Waals surface area contributed by atoms with Crippen LogP contribution < -0.4 is 4.74 Å². The average Bonchev–Trinajstić information content (AvgIpc) is 2.62. The number of aliphatic imine (C=N–C) groups is 1. The number of nitrogens with zero attached hydrogens (tertiary/aromatic N) is 1. The lowest BCUT2D eigenvalue weighted by Gasteiger charge is -2.12.